The van der Waals surface area contributed by atoms with Crippen LogP contribution in [0, 0.1) is 11.2 Å². The summed E-state index contributed by atoms with van der Waals surface area (Å²) in [5.74, 6) is -1.58. The van der Waals surface area contributed by atoms with Crippen LogP contribution in [0.3, 0.4) is 0 Å². The molecule has 0 fully saturated rings. The second-order valence-corrected chi connectivity index (χ2v) is 10.6. The van der Waals surface area contributed by atoms with Gasteiger partial charge in [0, 0.05) is 22.5 Å². The van der Waals surface area contributed by atoms with Crippen molar-refractivity contribution in [3.8, 4) is 0 Å². The standard InChI is InChI=1S/C27H31F4NO3/c1-14(2)24-23(25(34)16-5-6-17(18(28)11-16)27(29,30)31)21(15-7-9-35-10-8-15)22-19(32-24)12-26(3,4)13-20(22)33/h5-7,11,14,20,25,33-34H,8-10,12-13H2,1-4H3/t20?,25-/m0/s1. The van der Waals surface area contributed by atoms with Gasteiger partial charge in [-0.1, -0.05) is 39.8 Å². The van der Waals surface area contributed by atoms with Gasteiger partial charge in [-0.05, 0) is 59.4 Å². The summed E-state index contributed by atoms with van der Waals surface area (Å²) in [4.78, 5) is 4.89. The smallest absolute Gasteiger partial charge is 0.388 e. The monoisotopic (exact) mass is 493 g/mol. The van der Waals surface area contributed by atoms with E-state index in [1.54, 1.807) is 0 Å². The lowest BCUT2D eigenvalue weighted by Gasteiger charge is -2.38. The van der Waals surface area contributed by atoms with E-state index in [-0.39, 0.29) is 16.9 Å². The number of alkyl halides is 3. The van der Waals surface area contributed by atoms with Crippen LogP contribution in [0.15, 0.2) is 24.3 Å². The highest BCUT2D eigenvalue weighted by atomic mass is 19.4. The van der Waals surface area contributed by atoms with E-state index in [1.165, 1.54) is 0 Å². The van der Waals surface area contributed by atoms with Gasteiger partial charge < -0.3 is 14.9 Å². The second-order valence-electron chi connectivity index (χ2n) is 10.6. The van der Waals surface area contributed by atoms with Gasteiger partial charge in [0.2, 0.25) is 0 Å². The summed E-state index contributed by atoms with van der Waals surface area (Å²) in [6, 6.07) is 2.49. The number of pyridine rings is 1. The molecule has 0 bridgehead atoms. The van der Waals surface area contributed by atoms with Gasteiger partial charge in [0.05, 0.1) is 24.9 Å². The van der Waals surface area contributed by atoms with Crippen molar-refractivity contribution in [2.24, 2.45) is 5.41 Å². The second kappa shape index (κ2) is 9.30. The molecule has 8 heteroatoms. The maximum Gasteiger partial charge on any atom is 0.419 e. The van der Waals surface area contributed by atoms with E-state index in [0.717, 1.165) is 23.4 Å². The number of nitrogens with zero attached hydrogens (tertiary/aromatic N) is 1. The molecule has 0 saturated carbocycles. The first-order valence-corrected chi connectivity index (χ1v) is 11.9. The van der Waals surface area contributed by atoms with Gasteiger partial charge in [-0.25, -0.2) is 4.39 Å². The number of benzene rings is 1. The molecule has 0 radical (unpaired) electrons. The Balaban J connectivity index is 1.98. The summed E-state index contributed by atoms with van der Waals surface area (Å²) in [6.45, 7) is 8.81. The van der Waals surface area contributed by atoms with Gasteiger partial charge in [-0.15, -0.1) is 0 Å². The van der Waals surface area contributed by atoms with E-state index in [0.29, 0.717) is 60.9 Å². The summed E-state index contributed by atoms with van der Waals surface area (Å²) >= 11 is 0. The molecule has 2 aliphatic rings. The van der Waals surface area contributed by atoms with Crippen LogP contribution in [0.2, 0.25) is 0 Å². The lowest BCUT2D eigenvalue weighted by atomic mass is 9.71. The van der Waals surface area contributed by atoms with Gasteiger partial charge in [0.1, 0.15) is 11.9 Å². The Morgan fingerprint density at radius 3 is 2.49 bits per heavy atom. The summed E-state index contributed by atoms with van der Waals surface area (Å²) in [5.41, 5.74) is 2.39. The van der Waals surface area contributed by atoms with Crippen LogP contribution in [-0.4, -0.2) is 28.4 Å². The van der Waals surface area contributed by atoms with Crippen LogP contribution in [-0.2, 0) is 17.3 Å². The maximum absolute atomic E-state index is 14.4. The van der Waals surface area contributed by atoms with E-state index in [4.69, 9.17) is 9.72 Å². The molecule has 4 nitrogen and oxygen atoms in total. The van der Waals surface area contributed by atoms with Crippen molar-refractivity contribution < 1.29 is 32.5 Å². The molecule has 190 valence electrons. The highest BCUT2D eigenvalue weighted by Gasteiger charge is 2.39. The number of hydrogen-bond donors (Lipinski definition) is 2. The lowest BCUT2D eigenvalue weighted by molar-refractivity contribution is -0.140. The number of ether oxygens (including phenoxy) is 1. The zero-order valence-electron chi connectivity index (χ0n) is 20.3. The third kappa shape index (κ3) is 5.01. The van der Waals surface area contributed by atoms with Crippen molar-refractivity contribution in [2.45, 2.75) is 71.3 Å². The van der Waals surface area contributed by atoms with E-state index in [9.17, 15) is 27.8 Å². The van der Waals surface area contributed by atoms with Gasteiger partial charge in [0.15, 0.2) is 0 Å². The first kappa shape index (κ1) is 25.8. The molecule has 0 amide bonds. The molecule has 0 spiro atoms. The van der Waals surface area contributed by atoms with Gasteiger partial charge in [-0.3, -0.25) is 4.98 Å². The lowest BCUT2D eigenvalue weighted by Crippen LogP contribution is -2.30. The van der Waals surface area contributed by atoms with Crippen molar-refractivity contribution in [3.05, 3.63) is 69.3 Å². The first-order chi connectivity index (χ1) is 16.3. The number of halogens is 4. The van der Waals surface area contributed by atoms with Crippen LogP contribution in [0.25, 0.3) is 5.57 Å². The van der Waals surface area contributed by atoms with Crippen LogP contribution >= 0.6 is 0 Å². The number of aromatic nitrogens is 1. The van der Waals surface area contributed by atoms with Crippen molar-refractivity contribution in [2.75, 3.05) is 13.2 Å². The Bertz CT molecular complexity index is 1150. The zero-order valence-corrected chi connectivity index (χ0v) is 20.3. The third-order valence-corrected chi connectivity index (χ3v) is 6.83. The van der Waals surface area contributed by atoms with E-state index in [1.807, 2.05) is 19.9 Å². The molecular formula is C27H31F4NO3. The molecule has 1 aliphatic carbocycles. The number of hydrogen-bond acceptors (Lipinski definition) is 4. The van der Waals surface area contributed by atoms with Crippen molar-refractivity contribution >= 4 is 5.57 Å². The Morgan fingerprint density at radius 2 is 1.91 bits per heavy atom. The number of fused-ring (bicyclic) bond motifs is 1. The maximum atomic E-state index is 14.4. The average Bonchev–Trinajstić information content (AvgIpc) is 2.76. The Morgan fingerprint density at radius 1 is 1.20 bits per heavy atom. The molecule has 1 unspecified atom stereocenters. The molecule has 2 heterocycles. The molecule has 2 N–H and O–H groups in total. The fourth-order valence-electron chi connectivity index (χ4n) is 5.24. The molecule has 2 aromatic rings. The summed E-state index contributed by atoms with van der Waals surface area (Å²) in [5, 5.41) is 22.7. The molecule has 0 saturated heterocycles. The van der Waals surface area contributed by atoms with E-state index >= 15 is 0 Å². The molecular weight excluding hydrogens is 462 g/mol. The molecule has 1 aromatic carbocycles. The van der Waals surface area contributed by atoms with Crippen LogP contribution in [0.1, 0.15) is 97.9 Å². The van der Waals surface area contributed by atoms with Crippen LogP contribution in [0.4, 0.5) is 17.6 Å². The molecule has 1 aliphatic heterocycles. The van der Waals surface area contributed by atoms with E-state index < -0.39 is 29.8 Å². The normalized spacial score (nSPS) is 21.0. The Kier molecular flexibility index (Phi) is 6.85. The minimum atomic E-state index is -4.83. The SMILES string of the molecule is CC(C)c1nc2c(c(C3=CCOCC3)c1[C@@H](O)c1ccc(C(F)(F)F)c(F)c1)C(O)CC(C)(C)C2. The fraction of sp³-hybridized carbons (Fsp3) is 0.519. The van der Waals surface area contributed by atoms with E-state index in [2.05, 4.69) is 13.8 Å². The van der Waals surface area contributed by atoms with Gasteiger partial charge >= 0.3 is 6.18 Å². The average molecular weight is 494 g/mol. The highest BCUT2D eigenvalue weighted by molar-refractivity contribution is 5.74. The molecule has 1 aromatic heterocycles. The van der Waals surface area contributed by atoms with Gasteiger partial charge in [0.25, 0.3) is 0 Å². The Hall–Kier alpha value is -2.29. The third-order valence-electron chi connectivity index (χ3n) is 6.83. The van der Waals surface area contributed by atoms with Crippen molar-refractivity contribution in [1.82, 2.24) is 4.98 Å². The highest BCUT2D eigenvalue weighted by Crippen LogP contribution is 2.48. The van der Waals surface area contributed by atoms with Gasteiger partial charge in [-0.2, -0.15) is 13.2 Å². The summed E-state index contributed by atoms with van der Waals surface area (Å²) < 4.78 is 59.3. The number of aliphatic hydroxyl groups excluding tert-OH is 2. The Labute approximate surface area is 202 Å². The van der Waals surface area contributed by atoms with Crippen molar-refractivity contribution in [1.29, 1.82) is 0 Å². The summed E-state index contributed by atoms with van der Waals surface area (Å²) in [6.07, 6.45) is -3.49. The summed E-state index contributed by atoms with van der Waals surface area (Å²) in [7, 11) is 0. The quantitative estimate of drug-likeness (QED) is 0.494. The minimum absolute atomic E-state index is 0.00121. The fourth-order valence-corrected chi connectivity index (χ4v) is 5.24. The number of rotatable bonds is 4. The predicted octanol–water partition coefficient (Wildman–Crippen LogP) is 6.25. The predicted molar refractivity (Wildman–Crippen MR) is 124 cm³/mol. The molecule has 2 atom stereocenters. The molecule has 35 heavy (non-hydrogen) atoms. The number of aliphatic hydroxyl groups is 2. The van der Waals surface area contributed by atoms with Crippen LogP contribution < -0.4 is 0 Å². The van der Waals surface area contributed by atoms with Crippen molar-refractivity contribution in [3.63, 3.8) is 0 Å². The largest absolute Gasteiger partial charge is 0.419 e. The first-order valence-electron chi connectivity index (χ1n) is 11.9. The minimum Gasteiger partial charge on any atom is -0.388 e. The molecule has 4 rings (SSSR count). The topological polar surface area (TPSA) is 62.6 Å². The zero-order chi connectivity index (χ0) is 25.7. The van der Waals surface area contributed by atoms with Crippen LogP contribution in [0.5, 0.6) is 0 Å².